The fourth-order valence-electron chi connectivity index (χ4n) is 2.48. The van der Waals surface area contributed by atoms with E-state index in [9.17, 15) is 9.59 Å². The van der Waals surface area contributed by atoms with E-state index in [0.29, 0.717) is 17.8 Å². The first-order chi connectivity index (χ1) is 10.4. The van der Waals surface area contributed by atoms with Gasteiger partial charge in [0.15, 0.2) is 5.78 Å². The molecular weight excluding hydrogens is 276 g/mol. The summed E-state index contributed by atoms with van der Waals surface area (Å²) in [6, 6.07) is 9.39. The van der Waals surface area contributed by atoms with Gasteiger partial charge in [0.25, 0.3) is 0 Å². The molecule has 0 heterocycles. The van der Waals surface area contributed by atoms with Crippen LogP contribution in [0.1, 0.15) is 39.2 Å². The molecule has 2 rings (SSSR count). The maximum Gasteiger partial charge on any atom is 0.335 e. The van der Waals surface area contributed by atoms with Crippen molar-refractivity contribution in [3.05, 3.63) is 58.7 Å². The molecule has 0 N–H and O–H groups in total. The highest BCUT2D eigenvalue weighted by Crippen LogP contribution is 2.37. The quantitative estimate of drug-likeness (QED) is 0.627. The lowest BCUT2D eigenvalue weighted by atomic mass is 9.90. The van der Waals surface area contributed by atoms with Crippen LogP contribution in [0.15, 0.2) is 53.1 Å². The first-order valence-corrected chi connectivity index (χ1v) is 7.57. The average Bonchev–Trinajstić information content (AvgIpc) is 2.83. The molecule has 0 amide bonds. The third kappa shape index (κ3) is 3.35. The Morgan fingerprint density at radius 3 is 2.36 bits per heavy atom. The Kier molecular flexibility index (Phi) is 4.96. The second kappa shape index (κ2) is 6.73. The summed E-state index contributed by atoms with van der Waals surface area (Å²) in [5, 5.41) is 0. The van der Waals surface area contributed by atoms with E-state index in [-0.39, 0.29) is 11.7 Å². The molecule has 1 aromatic carbocycles. The molecule has 1 aromatic rings. The van der Waals surface area contributed by atoms with Gasteiger partial charge in [0, 0.05) is 5.57 Å². The van der Waals surface area contributed by atoms with Crippen LogP contribution in [-0.2, 0) is 14.3 Å². The summed E-state index contributed by atoms with van der Waals surface area (Å²) in [7, 11) is 0. The van der Waals surface area contributed by atoms with Crippen molar-refractivity contribution in [2.24, 2.45) is 5.92 Å². The first kappa shape index (κ1) is 16.2. The maximum absolute atomic E-state index is 12.7. The molecule has 0 aliphatic heterocycles. The minimum atomic E-state index is -0.550. The van der Waals surface area contributed by atoms with E-state index in [0.717, 1.165) is 11.1 Å². The number of hydrogen-bond donors (Lipinski definition) is 0. The van der Waals surface area contributed by atoms with Gasteiger partial charge in [-0.1, -0.05) is 49.8 Å². The molecule has 0 saturated heterocycles. The highest BCUT2D eigenvalue weighted by Gasteiger charge is 2.37. The zero-order valence-electron chi connectivity index (χ0n) is 13.6. The van der Waals surface area contributed by atoms with Crippen LogP contribution in [0.3, 0.4) is 0 Å². The molecule has 1 aliphatic rings. The number of benzene rings is 1. The molecule has 0 radical (unpaired) electrons. The van der Waals surface area contributed by atoms with Crippen LogP contribution >= 0.6 is 0 Å². The molecule has 1 aliphatic carbocycles. The Balaban J connectivity index is 2.38. The van der Waals surface area contributed by atoms with Crippen LogP contribution in [0.5, 0.6) is 0 Å². The van der Waals surface area contributed by atoms with Crippen LogP contribution in [0.2, 0.25) is 0 Å². The average molecular weight is 298 g/mol. The SMILES string of the molecule is CC(C)=C1C=C(C(=O)OCC(C)C)[C@H](c2ccccc2)C1=O. The summed E-state index contributed by atoms with van der Waals surface area (Å²) in [5.41, 5.74) is 2.80. The molecule has 1 atom stereocenters. The van der Waals surface area contributed by atoms with Gasteiger partial charge in [0.2, 0.25) is 0 Å². The highest BCUT2D eigenvalue weighted by molar-refractivity contribution is 6.15. The second-order valence-electron chi connectivity index (χ2n) is 6.21. The lowest BCUT2D eigenvalue weighted by Crippen LogP contribution is -2.18. The van der Waals surface area contributed by atoms with Gasteiger partial charge in [0.1, 0.15) is 0 Å². The van der Waals surface area contributed by atoms with Crippen molar-refractivity contribution in [3.63, 3.8) is 0 Å². The Morgan fingerprint density at radius 1 is 1.18 bits per heavy atom. The Labute approximate surface area is 131 Å². The minimum Gasteiger partial charge on any atom is -0.462 e. The number of carbonyl (C=O) groups is 2. The monoisotopic (exact) mass is 298 g/mol. The van der Waals surface area contributed by atoms with Gasteiger partial charge in [0.05, 0.1) is 18.1 Å². The molecule has 0 unspecified atom stereocenters. The minimum absolute atomic E-state index is 0.0253. The van der Waals surface area contributed by atoms with Crippen molar-refractivity contribution in [2.75, 3.05) is 6.61 Å². The summed E-state index contributed by atoms with van der Waals surface area (Å²) < 4.78 is 5.33. The van der Waals surface area contributed by atoms with Gasteiger partial charge in [-0.05, 0) is 31.4 Å². The molecule has 0 bridgehead atoms. The third-order valence-electron chi connectivity index (χ3n) is 3.59. The summed E-state index contributed by atoms with van der Waals surface area (Å²) in [5.74, 6) is -0.708. The van der Waals surface area contributed by atoms with Crippen molar-refractivity contribution in [2.45, 2.75) is 33.6 Å². The Hall–Kier alpha value is -2.16. The molecular formula is C19H22O3. The number of ether oxygens (including phenoxy) is 1. The molecule has 0 saturated carbocycles. The van der Waals surface area contributed by atoms with E-state index in [1.807, 2.05) is 58.0 Å². The van der Waals surface area contributed by atoms with Gasteiger partial charge in [-0.2, -0.15) is 0 Å². The fourth-order valence-corrected chi connectivity index (χ4v) is 2.48. The predicted molar refractivity (Wildman–Crippen MR) is 86.4 cm³/mol. The zero-order valence-corrected chi connectivity index (χ0v) is 13.6. The van der Waals surface area contributed by atoms with Crippen molar-refractivity contribution in [1.82, 2.24) is 0 Å². The molecule has 3 heteroatoms. The maximum atomic E-state index is 12.7. The third-order valence-corrected chi connectivity index (χ3v) is 3.59. The van der Waals surface area contributed by atoms with Crippen molar-refractivity contribution >= 4 is 11.8 Å². The topological polar surface area (TPSA) is 43.4 Å². The first-order valence-electron chi connectivity index (χ1n) is 7.57. The van der Waals surface area contributed by atoms with Gasteiger partial charge in [-0.3, -0.25) is 4.79 Å². The molecule has 0 aromatic heterocycles. The summed E-state index contributed by atoms with van der Waals surface area (Å²) in [6.07, 6.45) is 1.69. The highest BCUT2D eigenvalue weighted by atomic mass is 16.5. The number of rotatable bonds is 4. The Morgan fingerprint density at radius 2 is 1.82 bits per heavy atom. The van der Waals surface area contributed by atoms with E-state index in [1.54, 1.807) is 6.08 Å². The molecule has 0 fully saturated rings. The van der Waals surface area contributed by atoms with Gasteiger partial charge >= 0.3 is 5.97 Å². The van der Waals surface area contributed by atoms with Gasteiger partial charge in [-0.25, -0.2) is 4.79 Å². The van der Waals surface area contributed by atoms with Crippen molar-refractivity contribution < 1.29 is 14.3 Å². The lowest BCUT2D eigenvalue weighted by Gasteiger charge is -2.14. The number of esters is 1. The molecule has 22 heavy (non-hydrogen) atoms. The number of allylic oxidation sites excluding steroid dienone is 3. The number of Topliss-reactive ketones (excluding diaryl/α,β-unsaturated/α-hetero) is 1. The molecule has 0 spiro atoms. The lowest BCUT2D eigenvalue weighted by molar-refractivity contribution is -0.140. The molecule has 3 nitrogen and oxygen atoms in total. The zero-order chi connectivity index (χ0) is 16.3. The smallest absolute Gasteiger partial charge is 0.335 e. The number of ketones is 1. The van der Waals surface area contributed by atoms with Gasteiger partial charge in [-0.15, -0.1) is 0 Å². The summed E-state index contributed by atoms with van der Waals surface area (Å²) in [6.45, 7) is 8.09. The van der Waals surface area contributed by atoms with Crippen molar-refractivity contribution in [3.8, 4) is 0 Å². The largest absolute Gasteiger partial charge is 0.462 e. The van der Waals surface area contributed by atoms with E-state index < -0.39 is 11.9 Å². The summed E-state index contributed by atoms with van der Waals surface area (Å²) >= 11 is 0. The second-order valence-corrected chi connectivity index (χ2v) is 6.21. The Bertz CT molecular complexity index is 632. The van der Waals surface area contributed by atoms with Gasteiger partial charge < -0.3 is 4.74 Å². The van der Waals surface area contributed by atoms with E-state index >= 15 is 0 Å². The number of carbonyl (C=O) groups excluding carboxylic acids is 2. The van der Waals surface area contributed by atoms with E-state index in [2.05, 4.69) is 0 Å². The fraction of sp³-hybridized carbons (Fsp3) is 0.368. The molecule has 116 valence electrons. The van der Waals surface area contributed by atoms with Crippen LogP contribution in [0, 0.1) is 5.92 Å². The van der Waals surface area contributed by atoms with E-state index in [1.165, 1.54) is 0 Å². The standard InChI is InChI=1S/C19H22O3/c1-12(2)11-22-19(21)16-10-15(13(3)4)18(20)17(16)14-8-6-5-7-9-14/h5-10,12,17H,11H2,1-4H3/t17-/m0/s1. The summed E-state index contributed by atoms with van der Waals surface area (Å²) in [4.78, 5) is 25.1. The van der Waals surface area contributed by atoms with Crippen LogP contribution in [0.25, 0.3) is 0 Å². The normalized spacial score (nSPS) is 17.7. The van der Waals surface area contributed by atoms with Crippen LogP contribution in [0.4, 0.5) is 0 Å². The number of hydrogen-bond acceptors (Lipinski definition) is 3. The van der Waals surface area contributed by atoms with Crippen LogP contribution < -0.4 is 0 Å². The van der Waals surface area contributed by atoms with Crippen molar-refractivity contribution in [1.29, 1.82) is 0 Å². The van der Waals surface area contributed by atoms with E-state index in [4.69, 9.17) is 4.74 Å². The van der Waals surface area contributed by atoms with Crippen LogP contribution in [-0.4, -0.2) is 18.4 Å². The predicted octanol–water partition coefficient (Wildman–Crippen LogP) is 3.81.